The van der Waals surface area contributed by atoms with Crippen LogP contribution < -0.4 is 0 Å². The minimum absolute atomic E-state index is 0.211. The van der Waals surface area contributed by atoms with Gasteiger partial charge in [-0.25, -0.2) is 8.42 Å². The third-order valence-electron chi connectivity index (χ3n) is 5.36. The van der Waals surface area contributed by atoms with E-state index in [1.165, 1.54) is 10.5 Å². The molecule has 1 amide bonds. The van der Waals surface area contributed by atoms with Gasteiger partial charge in [-0.3, -0.25) is 9.89 Å². The number of hydrogen-bond acceptors (Lipinski definition) is 5. The van der Waals surface area contributed by atoms with Gasteiger partial charge in [0, 0.05) is 30.7 Å². The van der Waals surface area contributed by atoms with Crippen LogP contribution in [0, 0.1) is 0 Å². The van der Waals surface area contributed by atoms with Crippen LogP contribution in [0.1, 0.15) is 24.3 Å². The Balaban J connectivity index is 1.64. The molecule has 0 saturated carbocycles. The third-order valence-corrected chi connectivity index (χ3v) is 7.24. The van der Waals surface area contributed by atoms with Crippen molar-refractivity contribution >= 4 is 15.9 Å². The zero-order valence-electron chi connectivity index (χ0n) is 16.8. The number of H-pyrrole nitrogens is 1. The van der Waals surface area contributed by atoms with E-state index in [0.29, 0.717) is 11.3 Å². The summed E-state index contributed by atoms with van der Waals surface area (Å²) in [5.41, 5.74) is 1.80. The van der Waals surface area contributed by atoms with Crippen LogP contribution in [0.5, 0.6) is 0 Å². The summed E-state index contributed by atoms with van der Waals surface area (Å²) in [7, 11) is -3.75. The molecule has 3 aromatic rings. The molecule has 2 aromatic carbocycles. The van der Waals surface area contributed by atoms with Crippen LogP contribution in [-0.2, 0) is 10.0 Å². The van der Waals surface area contributed by atoms with Crippen molar-refractivity contribution in [1.29, 1.82) is 0 Å². The molecule has 8 nitrogen and oxygen atoms in total. The summed E-state index contributed by atoms with van der Waals surface area (Å²) in [6.45, 7) is 4.12. The number of hydrogen-bond donors (Lipinski definition) is 1. The highest BCUT2D eigenvalue weighted by Crippen LogP contribution is 2.31. The van der Waals surface area contributed by atoms with Crippen molar-refractivity contribution in [1.82, 2.24) is 24.6 Å². The molecule has 1 saturated heterocycles. The van der Waals surface area contributed by atoms with E-state index in [4.69, 9.17) is 0 Å². The van der Waals surface area contributed by atoms with E-state index in [9.17, 15) is 13.2 Å². The molecular weight excluding hydrogens is 402 g/mol. The molecule has 0 aliphatic carbocycles. The number of aromatic amines is 1. The van der Waals surface area contributed by atoms with Crippen molar-refractivity contribution in [2.45, 2.75) is 30.8 Å². The summed E-state index contributed by atoms with van der Waals surface area (Å²) in [5, 5.41) is 9.84. The van der Waals surface area contributed by atoms with Crippen molar-refractivity contribution in [3.05, 3.63) is 66.5 Å². The van der Waals surface area contributed by atoms with Crippen LogP contribution in [0.25, 0.3) is 11.1 Å². The summed E-state index contributed by atoms with van der Waals surface area (Å²) in [6.07, 6.45) is 1.38. The molecule has 0 radical (unpaired) electrons. The molecule has 2 atom stereocenters. The Labute approximate surface area is 175 Å². The van der Waals surface area contributed by atoms with Gasteiger partial charge in [0.05, 0.1) is 11.1 Å². The van der Waals surface area contributed by atoms with Gasteiger partial charge in [0.25, 0.3) is 5.91 Å². The molecular formula is C21H23N5O3S. The van der Waals surface area contributed by atoms with Crippen molar-refractivity contribution in [3.8, 4) is 11.1 Å². The normalized spacial score (nSPS) is 20.3. The van der Waals surface area contributed by atoms with Crippen molar-refractivity contribution in [2.75, 3.05) is 13.1 Å². The van der Waals surface area contributed by atoms with E-state index in [0.717, 1.165) is 5.56 Å². The van der Waals surface area contributed by atoms with Gasteiger partial charge in [-0.15, -0.1) is 5.10 Å². The molecule has 30 heavy (non-hydrogen) atoms. The monoisotopic (exact) mass is 425 g/mol. The quantitative estimate of drug-likeness (QED) is 0.692. The SMILES string of the molecule is C[C@@H]1CN(S(=O)(=O)c2ccccc2-c2ccccc2)C[C@H](C)N1C(=O)c1cnn[nH]1. The van der Waals surface area contributed by atoms with E-state index >= 15 is 0 Å². The number of carbonyl (C=O) groups is 1. The van der Waals surface area contributed by atoms with Crippen molar-refractivity contribution in [3.63, 3.8) is 0 Å². The van der Waals surface area contributed by atoms with Gasteiger partial charge in [-0.1, -0.05) is 53.7 Å². The van der Waals surface area contributed by atoms with Crippen LogP contribution in [0.15, 0.2) is 65.7 Å². The Kier molecular flexibility index (Phi) is 5.40. The van der Waals surface area contributed by atoms with Gasteiger partial charge >= 0.3 is 0 Å². The molecule has 0 unspecified atom stereocenters. The molecule has 156 valence electrons. The van der Waals surface area contributed by atoms with Crippen LogP contribution in [0.4, 0.5) is 0 Å². The van der Waals surface area contributed by atoms with E-state index in [-0.39, 0.29) is 36.0 Å². The number of rotatable bonds is 4. The van der Waals surface area contributed by atoms with Gasteiger partial charge < -0.3 is 4.90 Å². The van der Waals surface area contributed by atoms with Gasteiger partial charge in [0.2, 0.25) is 10.0 Å². The molecule has 1 N–H and O–H groups in total. The Bertz CT molecular complexity index is 1120. The molecule has 0 spiro atoms. The fourth-order valence-electron chi connectivity index (χ4n) is 4.00. The van der Waals surface area contributed by atoms with Crippen LogP contribution >= 0.6 is 0 Å². The standard InChI is InChI=1S/C21H23N5O3S/c1-15-13-25(14-16(2)26(15)21(27)19-12-22-24-23-19)30(28,29)20-11-7-6-10-18(20)17-8-4-3-5-9-17/h3-12,15-16H,13-14H2,1-2H3,(H,22,23,24)/t15-,16+. The number of piperazine rings is 1. The molecule has 9 heteroatoms. The van der Waals surface area contributed by atoms with Crippen molar-refractivity contribution < 1.29 is 13.2 Å². The predicted molar refractivity (Wildman–Crippen MR) is 112 cm³/mol. The summed E-state index contributed by atoms with van der Waals surface area (Å²) in [6, 6.07) is 15.9. The fourth-order valence-corrected chi connectivity index (χ4v) is 5.81. The molecule has 2 heterocycles. The number of amides is 1. The second kappa shape index (κ2) is 8.00. The lowest BCUT2D eigenvalue weighted by Gasteiger charge is -2.43. The predicted octanol–water partition coefficient (Wildman–Crippen LogP) is 2.40. The lowest BCUT2D eigenvalue weighted by molar-refractivity contribution is 0.0435. The molecule has 0 bridgehead atoms. The minimum atomic E-state index is -3.75. The van der Waals surface area contributed by atoms with Crippen LogP contribution in [-0.4, -0.2) is 64.1 Å². The van der Waals surface area contributed by atoms with Gasteiger partial charge in [-0.2, -0.15) is 4.31 Å². The highest BCUT2D eigenvalue weighted by Gasteiger charge is 2.39. The second-order valence-corrected chi connectivity index (χ2v) is 9.37. The first-order valence-electron chi connectivity index (χ1n) is 9.73. The number of nitrogens with one attached hydrogen (secondary N) is 1. The summed E-state index contributed by atoms with van der Waals surface area (Å²) in [5.74, 6) is -0.235. The zero-order valence-corrected chi connectivity index (χ0v) is 17.6. The highest BCUT2D eigenvalue weighted by molar-refractivity contribution is 7.89. The lowest BCUT2D eigenvalue weighted by atomic mass is 10.1. The second-order valence-electron chi connectivity index (χ2n) is 7.46. The Morgan fingerprint density at radius 1 is 1.00 bits per heavy atom. The minimum Gasteiger partial charge on any atom is -0.329 e. The first kappa shape index (κ1) is 20.2. The van der Waals surface area contributed by atoms with Crippen LogP contribution in [0.2, 0.25) is 0 Å². The first-order valence-corrected chi connectivity index (χ1v) is 11.2. The fraction of sp³-hybridized carbons (Fsp3) is 0.286. The van der Waals surface area contributed by atoms with E-state index in [1.54, 1.807) is 17.0 Å². The topological polar surface area (TPSA) is 99.3 Å². The van der Waals surface area contributed by atoms with E-state index < -0.39 is 10.0 Å². The van der Waals surface area contributed by atoms with Gasteiger partial charge in [-0.05, 0) is 25.5 Å². The maximum absolute atomic E-state index is 13.6. The number of aromatic nitrogens is 3. The average Bonchev–Trinajstić information content (AvgIpc) is 3.29. The maximum Gasteiger partial charge on any atom is 0.274 e. The maximum atomic E-state index is 13.6. The third kappa shape index (κ3) is 3.61. The smallest absolute Gasteiger partial charge is 0.274 e. The van der Waals surface area contributed by atoms with Gasteiger partial charge in [0.1, 0.15) is 5.69 Å². The zero-order chi connectivity index (χ0) is 21.3. The van der Waals surface area contributed by atoms with Crippen LogP contribution in [0.3, 0.4) is 0 Å². The lowest BCUT2D eigenvalue weighted by Crippen LogP contribution is -2.59. The molecule has 1 fully saturated rings. The molecule has 1 aliphatic heterocycles. The Morgan fingerprint density at radius 2 is 1.63 bits per heavy atom. The molecule has 1 aromatic heterocycles. The number of benzene rings is 2. The summed E-state index contributed by atoms with van der Waals surface area (Å²) in [4.78, 5) is 14.8. The number of carbonyl (C=O) groups excluding carboxylic acids is 1. The Morgan fingerprint density at radius 3 is 2.27 bits per heavy atom. The Hall–Kier alpha value is -3.04. The summed E-state index contributed by atoms with van der Waals surface area (Å²) < 4.78 is 28.6. The first-order chi connectivity index (χ1) is 14.4. The average molecular weight is 426 g/mol. The molecule has 4 rings (SSSR count). The largest absolute Gasteiger partial charge is 0.329 e. The van der Waals surface area contributed by atoms with E-state index in [2.05, 4.69) is 15.4 Å². The number of sulfonamides is 1. The van der Waals surface area contributed by atoms with Crippen molar-refractivity contribution in [2.24, 2.45) is 0 Å². The van der Waals surface area contributed by atoms with Gasteiger partial charge in [0.15, 0.2) is 0 Å². The number of nitrogens with zero attached hydrogens (tertiary/aromatic N) is 4. The highest BCUT2D eigenvalue weighted by atomic mass is 32.2. The van der Waals surface area contributed by atoms with E-state index in [1.807, 2.05) is 56.3 Å². The molecule has 1 aliphatic rings. The summed E-state index contributed by atoms with van der Waals surface area (Å²) >= 11 is 0.